The SMILES string of the molecule is CCC1=CC(=O)C(=O)c2ccccc21. The Bertz CT molecular complexity index is 441. The van der Waals surface area contributed by atoms with Crippen LogP contribution in [0.5, 0.6) is 0 Å². The van der Waals surface area contributed by atoms with Gasteiger partial charge >= 0.3 is 0 Å². The van der Waals surface area contributed by atoms with Crippen molar-refractivity contribution in [3.8, 4) is 0 Å². The Kier molecular flexibility index (Phi) is 2.04. The van der Waals surface area contributed by atoms with Gasteiger partial charge in [0.25, 0.3) is 0 Å². The maximum Gasteiger partial charge on any atom is 0.233 e. The number of allylic oxidation sites excluding steroid dienone is 2. The molecule has 0 heterocycles. The van der Waals surface area contributed by atoms with Crippen LogP contribution in [-0.2, 0) is 4.79 Å². The normalized spacial score (nSPS) is 15.1. The third kappa shape index (κ3) is 1.20. The van der Waals surface area contributed by atoms with E-state index < -0.39 is 11.6 Å². The molecule has 2 heteroatoms. The molecule has 0 N–H and O–H groups in total. The van der Waals surface area contributed by atoms with E-state index in [0.29, 0.717) is 5.56 Å². The molecule has 0 saturated heterocycles. The molecule has 1 aromatic carbocycles. The highest BCUT2D eigenvalue weighted by molar-refractivity contribution is 6.50. The van der Waals surface area contributed by atoms with Gasteiger partial charge in [-0.3, -0.25) is 9.59 Å². The van der Waals surface area contributed by atoms with Crippen LogP contribution in [0, 0.1) is 0 Å². The van der Waals surface area contributed by atoms with E-state index in [2.05, 4.69) is 0 Å². The molecule has 0 unspecified atom stereocenters. The molecule has 0 atom stereocenters. The Morgan fingerprint density at radius 3 is 2.36 bits per heavy atom. The van der Waals surface area contributed by atoms with Crippen LogP contribution in [0.2, 0.25) is 0 Å². The molecule has 0 amide bonds. The molecule has 70 valence electrons. The summed E-state index contributed by atoms with van der Waals surface area (Å²) in [5, 5.41) is 0. The van der Waals surface area contributed by atoms with Gasteiger partial charge in [0.15, 0.2) is 0 Å². The van der Waals surface area contributed by atoms with Crippen molar-refractivity contribution in [3.05, 3.63) is 41.5 Å². The van der Waals surface area contributed by atoms with E-state index in [1.165, 1.54) is 6.08 Å². The lowest BCUT2D eigenvalue weighted by atomic mass is 9.88. The second-order valence-corrected chi connectivity index (χ2v) is 3.26. The number of carbonyl (C=O) groups is 2. The fourth-order valence-electron chi connectivity index (χ4n) is 1.69. The fourth-order valence-corrected chi connectivity index (χ4v) is 1.69. The highest BCUT2D eigenvalue weighted by atomic mass is 16.2. The first-order chi connectivity index (χ1) is 6.74. The van der Waals surface area contributed by atoms with E-state index in [1.807, 2.05) is 19.1 Å². The van der Waals surface area contributed by atoms with Gasteiger partial charge in [0.1, 0.15) is 0 Å². The zero-order valence-corrected chi connectivity index (χ0v) is 7.91. The number of benzene rings is 1. The third-order valence-electron chi connectivity index (χ3n) is 2.43. The minimum Gasteiger partial charge on any atom is -0.286 e. The summed E-state index contributed by atoms with van der Waals surface area (Å²) in [7, 11) is 0. The summed E-state index contributed by atoms with van der Waals surface area (Å²) in [4.78, 5) is 22.8. The van der Waals surface area contributed by atoms with Gasteiger partial charge in [-0.25, -0.2) is 0 Å². The number of ketones is 2. The summed E-state index contributed by atoms with van der Waals surface area (Å²) in [5.74, 6) is -0.793. The minimum absolute atomic E-state index is 0.391. The first kappa shape index (κ1) is 8.88. The van der Waals surface area contributed by atoms with Crippen molar-refractivity contribution in [2.24, 2.45) is 0 Å². The fraction of sp³-hybridized carbons (Fsp3) is 0.167. The maximum atomic E-state index is 11.5. The quantitative estimate of drug-likeness (QED) is 0.630. The average molecular weight is 186 g/mol. The molecule has 0 bridgehead atoms. The number of hydrogen-bond donors (Lipinski definition) is 0. The van der Waals surface area contributed by atoms with Crippen LogP contribution >= 0.6 is 0 Å². The van der Waals surface area contributed by atoms with Crippen LogP contribution in [0.1, 0.15) is 29.3 Å². The molecule has 1 aliphatic carbocycles. The summed E-state index contributed by atoms with van der Waals surface area (Å²) in [6.45, 7) is 1.98. The molecule has 1 aromatic rings. The summed E-state index contributed by atoms with van der Waals surface area (Å²) < 4.78 is 0. The molecule has 1 aliphatic rings. The van der Waals surface area contributed by atoms with E-state index >= 15 is 0 Å². The van der Waals surface area contributed by atoms with Gasteiger partial charge in [-0.05, 0) is 23.6 Å². The molecule has 0 aliphatic heterocycles. The lowest BCUT2D eigenvalue weighted by Gasteiger charge is -2.14. The lowest BCUT2D eigenvalue weighted by Crippen LogP contribution is -2.18. The zero-order chi connectivity index (χ0) is 10.1. The summed E-state index contributed by atoms with van der Waals surface area (Å²) in [5.41, 5.74) is 2.39. The molecule has 14 heavy (non-hydrogen) atoms. The largest absolute Gasteiger partial charge is 0.286 e. The van der Waals surface area contributed by atoms with Crippen molar-refractivity contribution in [3.63, 3.8) is 0 Å². The van der Waals surface area contributed by atoms with Crippen LogP contribution < -0.4 is 0 Å². The van der Waals surface area contributed by atoms with Gasteiger partial charge in [-0.1, -0.05) is 31.2 Å². The van der Waals surface area contributed by atoms with Gasteiger partial charge in [-0.15, -0.1) is 0 Å². The topological polar surface area (TPSA) is 34.1 Å². The standard InChI is InChI=1S/C12H10O2/c1-2-8-7-11(13)12(14)10-6-4-3-5-9(8)10/h3-7H,2H2,1H3. The number of Topliss-reactive ketones (excluding diaryl/α,β-unsaturated/α-hetero) is 1. The van der Waals surface area contributed by atoms with Gasteiger partial charge in [0, 0.05) is 5.56 Å². The second kappa shape index (κ2) is 3.22. The Labute approximate surface area is 82.2 Å². The number of fused-ring (bicyclic) bond motifs is 1. The molecule has 2 nitrogen and oxygen atoms in total. The van der Waals surface area contributed by atoms with Gasteiger partial charge in [0.2, 0.25) is 11.6 Å². The molecular formula is C12H10O2. The Hall–Kier alpha value is -1.70. The first-order valence-electron chi connectivity index (χ1n) is 4.62. The Morgan fingerprint density at radius 1 is 1.07 bits per heavy atom. The van der Waals surface area contributed by atoms with Crippen molar-refractivity contribution >= 4 is 17.1 Å². The third-order valence-corrected chi connectivity index (χ3v) is 2.43. The Balaban J connectivity index is 2.66. The molecule has 0 spiro atoms. The van der Waals surface area contributed by atoms with E-state index in [4.69, 9.17) is 0 Å². The highest BCUT2D eigenvalue weighted by Gasteiger charge is 2.23. The van der Waals surface area contributed by atoms with Crippen LogP contribution in [0.25, 0.3) is 5.57 Å². The van der Waals surface area contributed by atoms with E-state index in [1.54, 1.807) is 12.1 Å². The minimum atomic E-state index is -0.402. The Morgan fingerprint density at radius 2 is 1.71 bits per heavy atom. The molecular weight excluding hydrogens is 176 g/mol. The van der Waals surface area contributed by atoms with Crippen molar-refractivity contribution in [1.82, 2.24) is 0 Å². The molecule has 0 saturated carbocycles. The molecule has 2 rings (SSSR count). The van der Waals surface area contributed by atoms with Gasteiger partial charge in [-0.2, -0.15) is 0 Å². The van der Waals surface area contributed by atoms with Crippen molar-refractivity contribution in [2.75, 3.05) is 0 Å². The maximum absolute atomic E-state index is 11.5. The summed E-state index contributed by atoms with van der Waals surface area (Å²) in [6.07, 6.45) is 2.22. The lowest BCUT2D eigenvalue weighted by molar-refractivity contribution is -0.111. The van der Waals surface area contributed by atoms with E-state index in [9.17, 15) is 9.59 Å². The van der Waals surface area contributed by atoms with E-state index in [-0.39, 0.29) is 0 Å². The van der Waals surface area contributed by atoms with Crippen LogP contribution in [0.3, 0.4) is 0 Å². The van der Waals surface area contributed by atoms with Crippen molar-refractivity contribution in [2.45, 2.75) is 13.3 Å². The zero-order valence-electron chi connectivity index (χ0n) is 7.91. The second-order valence-electron chi connectivity index (χ2n) is 3.26. The van der Waals surface area contributed by atoms with Crippen LogP contribution in [-0.4, -0.2) is 11.6 Å². The van der Waals surface area contributed by atoms with Crippen LogP contribution in [0.4, 0.5) is 0 Å². The summed E-state index contributed by atoms with van der Waals surface area (Å²) >= 11 is 0. The monoisotopic (exact) mass is 186 g/mol. The smallest absolute Gasteiger partial charge is 0.233 e. The van der Waals surface area contributed by atoms with Gasteiger partial charge in [0.05, 0.1) is 0 Å². The summed E-state index contributed by atoms with van der Waals surface area (Å²) in [6, 6.07) is 7.25. The van der Waals surface area contributed by atoms with Crippen molar-refractivity contribution < 1.29 is 9.59 Å². The van der Waals surface area contributed by atoms with E-state index in [0.717, 1.165) is 17.6 Å². The molecule has 0 fully saturated rings. The van der Waals surface area contributed by atoms with Crippen LogP contribution in [0.15, 0.2) is 30.3 Å². The average Bonchev–Trinajstić information content (AvgIpc) is 2.23. The molecule has 0 aromatic heterocycles. The number of rotatable bonds is 1. The highest BCUT2D eigenvalue weighted by Crippen LogP contribution is 2.26. The predicted molar refractivity (Wildman–Crippen MR) is 54.0 cm³/mol. The molecule has 0 radical (unpaired) electrons. The van der Waals surface area contributed by atoms with Gasteiger partial charge < -0.3 is 0 Å². The number of carbonyl (C=O) groups excluding carboxylic acids is 2. The predicted octanol–water partition coefficient (Wildman–Crippen LogP) is 2.25. The number of hydrogen-bond acceptors (Lipinski definition) is 2. The van der Waals surface area contributed by atoms with Crippen molar-refractivity contribution in [1.29, 1.82) is 0 Å². The first-order valence-corrected chi connectivity index (χ1v) is 4.62.